The quantitative estimate of drug-likeness (QED) is 0.423. The van der Waals surface area contributed by atoms with E-state index in [2.05, 4.69) is 33.6 Å². The third kappa shape index (κ3) is 5.63. The third-order valence-corrected chi connectivity index (χ3v) is 4.41. The van der Waals surface area contributed by atoms with Gasteiger partial charge in [0, 0.05) is 24.4 Å². The maximum atomic E-state index is 12.2. The number of thioether (sulfide) groups is 1. The van der Waals surface area contributed by atoms with Gasteiger partial charge in [-0.25, -0.2) is 0 Å². The molecule has 134 valence electrons. The molecule has 1 aromatic heterocycles. The van der Waals surface area contributed by atoms with E-state index in [0.717, 1.165) is 34.6 Å². The van der Waals surface area contributed by atoms with Crippen molar-refractivity contribution in [2.45, 2.75) is 32.5 Å². The van der Waals surface area contributed by atoms with E-state index in [1.54, 1.807) is 36.0 Å². The number of ether oxygens (including phenoxy) is 1. The Morgan fingerprint density at radius 1 is 1.32 bits per heavy atom. The highest BCUT2D eigenvalue weighted by Crippen LogP contribution is 2.16. The molecule has 2 aromatic rings. The van der Waals surface area contributed by atoms with Crippen molar-refractivity contribution in [1.82, 2.24) is 20.1 Å². The first kappa shape index (κ1) is 19.1. The molecule has 0 aliphatic heterocycles. The van der Waals surface area contributed by atoms with Crippen molar-refractivity contribution in [1.29, 1.82) is 0 Å². The number of carbonyl (C=O) groups excluding carboxylic acids is 1. The Morgan fingerprint density at radius 2 is 2.04 bits per heavy atom. The van der Waals surface area contributed by atoms with Gasteiger partial charge in [0.25, 0.3) is 5.91 Å². The average molecular weight is 360 g/mol. The fourth-order valence-corrected chi connectivity index (χ4v) is 3.05. The number of hydrogen-bond donors (Lipinski definition) is 1. The van der Waals surface area contributed by atoms with Crippen LogP contribution in [0, 0.1) is 6.92 Å². The summed E-state index contributed by atoms with van der Waals surface area (Å²) in [6, 6.07) is 7.10. The molecule has 1 aromatic carbocycles. The van der Waals surface area contributed by atoms with Crippen LogP contribution < -0.4 is 10.1 Å². The number of nitrogens with one attached hydrogen (secondary N) is 1. The first-order valence-electron chi connectivity index (χ1n) is 8.19. The van der Waals surface area contributed by atoms with Gasteiger partial charge in [-0.1, -0.05) is 18.3 Å². The largest absolute Gasteiger partial charge is 0.489 e. The highest BCUT2D eigenvalue weighted by molar-refractivity contribution is 7.99. The monoisotopic (exact) mass is 360 g/mol. The maximum absolute atomic E-state index is 12.2. The normalized spacial score (nSPS) is 10.5. The molecule has 6 nitrogen and oxygen atoms in total. The molecule has 0 saturated carbocycles. The summed E-state index contributed by atoms with van der Waals surface area (Å²) in [6.45, 7) is 11.6. The lowest BCUT2D eigenvalue weighted by Crippen LogP contribution is -2.25. The molecule has 0 unspecified atom stereocenters. The second-order valence-electron chi connectivity index (χ2n) is 5.65. The molecule has 0 saturated heterocycles. The van der Waals surface area contributed by atoms with Crippen molar-refractivity contribution in [3.8, 4) is 5.75 Å². The van der Waals surface area contributed by atoms with E-state index in [9.17, 15) is 4.79 Å². The number of amides is 1. The standard InChI is InChI=1S/C18H24N4O2S/c1-5-22-14(4)20-21-18(22)25-11-10-19-17(23)15-6-8-16(9-7-15)24-12-13(2)3/h6-9H,2,5,10-12H2,1,3-4H3,(H,19,23). The molecule has 0 aliphatic rings. The summed E-state index contributed by atoms with van der Waals surface area (Å²) in [6.07, 6.45) is 0. The Kier molecular flexibility index (Phi) is 7.06. The van der Waals surface area contributed by atoms with Crippen molar-refractivity contribution < 1.29 is 9.53 Å². The molecule has 0 atom stereocenters. The van der Waals surface area contributed by atoms with E-state index < -0.39 is 0 Å². The van der Waals surface area contributed by atoms with E-state index in [1.807, 2.05) is 13.8 Å². The number of benzene rings is 1. The van der Waals surface area contributed by atoms with Gasteiger partial charge in [-0.3, -0.25) is 4.79 Å². The minimum Gasteiger partial charge on any atom is -0.489 e. The summed E-state index contributed by atoms with van der Waals surface area (Å²) in [7, 11) is 0. The van der Waals surface area contributed by atoms with Crippen LogP contribution in [0.2, 0.25) is 0 Å². The molecule has 2 rings (SSSR count). The van der Waals surface area contributed by atoms with E-state index in [0.29, 0.717) is 18.7 Å². The third-order valence-electron chi connectivity index (χ3n) is 3.44. The molecule has 0 spiro atoms. The molecule has 7 heteroatoms. The second-order valence-corrected chi connectivity index (χ2v) is 6.71. The van der Waals surface area contributed by atoms with Crippen molar-refractivity contribution >= 4 is 17.7 Å². The first-order chi connectivity index (χ1) is 12.0. The Hall–Kier alpha value is -2.28. The van der Waals surface area contributed by atoms with Crippen molar-refractivity contribution in [3.63, 3.8) is 0 Å². The van der Waals surface area contributed by atoms with Gasteiger partial charge < -0.3 is 14.6 Å². The first-order valence-corrected chi connectivity index (χ1v) is 9.18. The predicted molar refractivity (Wildman–Crippen MR) is 100 cm³/mol. The Labute approximate surface area is 152 Å². The average Bonchev–Trinajstić information content (AvgIpc) is 2.96. The smallest absolute Gasteiger partial charge is 0.251 e. The predicted octanol–water partition coefficient (Wildman–Crippen LogP) is 3.08. The summed E-state index contributed by atoms with van der Waals surface area (Å²) in [5, 5.41) is 12.0. The van der Waals surface area contributed by atoms with Gasteiger partial charge in [-0.15, -0.1) is 10.2 Å². The van der Waals surface area contributed by atoms with Crippen molar-refractivity contribution in [3.05, 3.63) is 47.8 Å². The second kappa shape index (κ2) is 9.27. The molecule has 1 heterocycles. The summed E-state index contributed by atoms with van der Waals surface area (Å²) < 4.78 is 7.58. The van der Waals surface area contributed by atoms with Gasteiger partial charge in [0.2, 0.25) is 0 Å². The van der Waals surface area contributed by atoms with Crippen LogP contribution in [0.5, 0.6) is 5.75 Å². The highest BCUT2D eigenvalue weighted by atomic mass is 32.2. The summed E-state index contributed by atoms with van der Waals surface area (Å²) in [5.41, 5.74) is 1.56. The number of hydrogen-bond acceptors (Lipinski definition) is 5. The minimum atomic E-state index is -0.0970. The molecule has 1 amide bonds. The lowest BCUT2D eigenvalue weighted by molar-refractivity contribution is 0.0956. The van der Waals surface area contributed by atoms with Crippen LogP contribution in [-0.2, 0) is 6.54 Å². The number of rotatable bonds is 9. The zero-order valence-corrected chi connectivity index (χ0v) is 15.7. The van der Waals surface area contributed by atoms with Crippen LogP contribution in [-0.4, -0.2) is 39.6 Å². The van der Waals surface area contributed by atoms with Gasteiger partial charge in [0.1, 0.15) is 18.2 Å². The molecule has 0 aliphatic carbocycles. The van der Waals surface area contributed by atoms with Crippen LogP contribution >= 0.6 is 11.8 Å². The highest BCUT2D eigenvalue weighted by Gasteiger charge is 2.09. The molecule has 0 bridgehead atoms. The SMILES string of the molecule is C=C(C)COc1ccc(C(=O)NCCSc2nnc(C)n2CC)cc1. The molecular formula is C18H24N4O2S. The number of carbonyl (C=O) groups is 1. The van der Waals surface area contributed by atoms with Crippen LogP contribution in [0.15, 0.2) is 41.6 Å². The van der Waals surface area contributed by atoms with Crippen LogP contribution in [0.1, 0.15) is 30.0 Å². The number of aryl methyl sites for hydroxylation is 1. The summed E-state index contributed by atoms with van der Waals surface area (Å²) >= 11 is 1.59. The van der Waals surface area contributed by atoms with Gasteiger partial charge >= 0.3 is 0 Å². The maximum Gasteiger partial charge on any atom is 0.251 e. The molecule has 1 N–H and O–H groups in total. The van der Waals surface area contributed by atoms with Crippen LogP contribution in [0.4, 0.5) is 0 Å². The Bertz CT molecular complexity index is 725. The fraction of sp³-hybridized carbons (Fsp3) is 0.389. The van der Waals surface area contributed by atoms with Crippen molar-refractivity contribution in [2.75, 3.05) is 18.9 Å². The van der Waals surface area contributed by atoms with Crippen LogP contribution in [0.25, 0.3) is 0 Å². The topological polar surface area (TPSA) is 69.0 Å². The van der Waals surface area contributed by atoms with Crippen LogP contribution in [0.3, 0.4) is 0 Å². The minimum absolute atomic E-state index is 0.0970. The zero-order chi connectivity index (χ0) is 18.2. The molecule has 25 heavy (non-hydrogen) atoms. The number of nitrogens with zero attached hydrogens (tertiary/aromatic N) is 3. The molecule has 0 radical (unpaired) electrons. The zero-order valence-electron chi connectivity index (χ0n) is 14.9. The lowest BCUT2D eigenvalue weighted by Gasteiger charge is -2.08. The molecular weight excluding hydrogens is 336 g/mol. The number of aromatic nitrogens is 3. The van der Waals surface area contributed by atoms with E-state index in [-0.39, 0.29) is 5.91 Å². The molecule has 0 fully saturated rings. The van der Waals surface area contributed by atoms with E-state index in [1.165, 1.54) is 0 Å². The Balaban J connectivity index is 1.77. The van der Waals surface area contributed by atoms with Crippen molar-refractivity contribution in [2.24, 2.45) is 0 Å². The van der Waals surface area contributed by atoms with Gasteiger partial charge in [-0.2, -0.15) is 0 Å². The van der Waals surface area contributed by atoms with Gasteiger partial charge in [0.05, 0.1) is 0 Å². The summed E-state index contributed by atoms with van der Waals surface area (Å²) in [4.78, 5) is 12.2. The van der Waals surface area contributed by atoms with Gasteiger partial charge in [0.15, 0.2) is 5.16 Å². The van der Waals surface area contributed by atoms with E-state index >= 15 is 0 Å². The Morgan fingerprint density at radius 3 is 2.68 bits per heavy atom. The summed E-state index contributed by atoms with van der Waals surface area (Å²) in [5.74, 6) is 2.27. The van der Waals surface area contributed by atoms with E-state index in [4.69, 9.17) is 4.74 Å². The lowest BCUT2D eigenvalue weighted by atomic mass is 10.2. The van der Waals surface area contributed by atoms with Gasteiger partial charge in [-0.05, 0) is 50.6 Å². The fourth-order valence-electron chi connectivity index (χ4n) is 2.15.